The number of pyridine rings is 1. The van der Waals surface area contributed by atoms with E-state index < -0.39 is 0 Å². The van der Waals surface area contributed by atoms with Gasteiger partial charge >= 0.3 is 0 Å². The van der Waals surface area contributed by atoms with Gasteiger partial charge in [0, 0.05) is 10.9 Å². The Hall–Kier alpha value is -3.14. The van der Waals surface area contributed by atoms with Crippen molar-refractivity contribution in [1.82, 2.24) is 14.8 Å². The highest BCUT2D eigenvalue weighted by Gasteiger charge is 2.13. The number of nitrogens with zero attached hydrogens (tertiary/aromatic N) is 3. The molecule has 4 aromatic rings. The standard InChI is InChI=1S/C19H15N3O/c1-13-15-11-12-17(16-9-5-6-10-18(16)23)20-19(15)22(21-13)14-7-3-2-4-8-14/h2-12,23H,1H3. The molecule has 0 fully saturated rings. The molecule has 0 radical (unpaired) electrons. The number of hydrogen-bond acceptors (Lipinski definition) is 3. The fourth-order valence-electron chi connectivity index (χ4n) is 2.73. The molecule has 4 rings (SSSR count). The van der Waals surface area contributed by atoms with Crippen LogP contribution in [0.1, 0.15) is 5.69 Å². The zero-order valence-electron chi connectivity index (χ0n) is 12.6. The Kier molecular flexibility index (Phi) is 3.08. The second-order valence-corrected chi connectivity index (χ2v) is 5.42. The summed E-state index contributed by atoms with van der Waals surface area (Å²) < 4.78 is 1.84. The Balaban J connectivity index is 1.97. The molecule has 112 valence electrons. The van der Waals surface area contributed by atoms with Gasteiger partial charge in [0.25, 0.3) is 0 Å². The van der Waals surface area contributed by atoms with E-state index in [0.717, 1.165) is 28.1 Å². The van der Waals surface area contributed by atoms with Gasteiger partial charge in [0.2, 0.25) is 0 Å². The maximum atomic E-state index is 10.1. The normalized spacial score (nSPS) is 11.0. The van der Waals surface area contributed by atoms with Crippen LogP contribution in [-0.2, 0) is 0 Å². The summed E-state index contributed by atoms with van der Waals surface area (Å²) in [5.74, 6) is 0.224. The highest BCUT2D eigenvalue weighted by molar-refractivity contribution is 5.83. The lowest BCUT2D eigenvalue weighted by molar-refractivity contribution is 0.477. The predicted octanol–water partition coefficient (Wildman–Crippen LogP) is 4.10. The largest absolute Gasteiger partial charge is 0.507 e. The zero-order valence-corrected chi connectivity index (χ0v) is 12.6. The van der Waals surface area contributed by atoms with E-state index in [1.54, 1.807) is 12.1 Å². The Morgan fingerprint density at radius 3 is 2.39 bits per heavy atom. The van der Waals surface area contributed by atoms with Crippen LogP contribution in [0.15, 0.2) is 66.7 Å². The highest BCUT2D eigenvalue weighted by atomic mass is 16.3. The number of aromatic hydroxyl groups is 1. The molecule has 0 amide bonds. The van der Waals surface area contributed by atoms with Crippen molar-refractivity contribution in [1.29, 1.82) is 0 Å². The van der Waals surface area contributed by atoms with Crippen LogP contribution in [0.4, 0.5) is 0 Å². The molecule has 4 nitrogen and oxygen atoms in total. The number of rotatable bonds is 2. The van der Waals surface area contributed by atoms with E-state index in [1.165, 1.54) is 0 Å². The van der Waals surface area contributed by atoms with Gasteiger partial charge in [-0.3, -0.25) is 0 Å². The van der Waals surface area contributed by atoms with Gasteiger partial charge in [-0.15, -0.1) is 0 Å². The molecule has 2 heterocycles. The average molecular weight is 301 g/mol. The van der Waals surface area contributed by atoms with E-state index in [0.29, 0.717) is 5.56 Å². The summed E-state index contributed by atoms with van der Waals surface area (Å²) in [7, 11) is 0. The minimum atomic E-state index is 0.224. The van der Waals surface area contributed by atoms with Crippen LogP contribution in [-0.4, -0.2) is 19.9 Å². The molecule has 2 aromatic carbocycles. The molecule has 0 aliphatic carbocycles. The van der Waals surface area contributed by atoms with Gasteiger partial charge in [0.15, 0.2) is 5.65 Å². The smallest absolute Gasteiger partial charge is 0.163 e. The van der Waals surface area contributed by atoms with Crippen LogP contribution < -0.4 is 0 Å². The molecule has 0 bridgehead atoms. The Labute approximate surface area is 133 Å². The summed E-state index contributed by atoms with van der Waals surface area (Å²) in [6, 6.07) is 21.1. The molecule has 2 aromatic heterocycles. The molecule has 0 atom stereocenters. The molecular weight excluding hydrogens is 286 g/mol. The topological polar surface area (TPSA) is 50.9 Å². The van der Waals surface area contributed by atoms with Crippen LogP contribution in [0, 0.1) is 6.92 Å². The van der Waals surface area contributed by atoms with Crippen LogP contribution in [0.3, 0.4) is 0 Å². The second kappa shape index (κ2) is 5.25. The maximum Gasteiger partial charge on any atom is 0.163 e. The minimum absolute atomic E-state index is 0.224. The van der Waals surface area contributed by atoms with E-state index in [9.17, 15) is 5.11 Å². The summed E-state index contributed by atoms with van der Waals surface area (Å²) in [6.07, 6.45) is 0. The summed E-state index contributed by atoms with van der Waals surface area (Å²) in [5, 5.41) is 15.7. The Morgan fingerprint density at radius 2 is 1.61 bits per heavy atom. The lowest BCUT2D eigenvalue weighted by Gasteiger charge is -2.06. The predicted molar refractivity (Wildman–Crippen MR) is 90.7 cm³/mol. The van der Waals surface area contributed by atoms with Crippen molar-refractivity contribution in [2.45, 2.75) is 6.92 Å². The number of benzene rings is 2. The minimum Gasteiger partial charge on any atom is -0.507 e. The van der Waals surface area contributed by atoms with Crippen molar-refractivity contribution in [3.63, 3.8) is 0 Å². The third-order valence-corrected chi connectivity index (χ3v) is 3.90. The molecule has 0 saturated carbocycles. The summed E-state index contributed by atoms with van der Waals surface area (Å²) in [6.45, 7) is 1.98. The summed E-state index contributed by atoms with van der Waals surface area (Å²) in [4.78, 5) is 4.74. The van der Waals surface area contributed by atoms with Crippen LogP contribution >= 0.6 is 0 Å². The fraction of sp³-hybridized carbons (Fsp3) is 0.0526. The summed E-state index contributed by atoms with van der Waals surface area (Å²) >= 11 is 0. The van der Waals surface area contributed by atoms with Crippen molar-refractivity contribution in [3.8, 4) is 22.7 Å². The van der Waals surface area contributed by atoms with E-state index in [-0.39, 0.29) is 5.75 Å². The van der Waals surface area contributed by atoms with Crippen LogP contribution in [0.5, 0.6) is 5.75 Å². The molecule has 23 heavy (non-hydrogen) atoms. The number of para-hydroxylation sites is 2. The van der Waals surface area contributed by atoms with Crippen molar-refractivity contribution < 1.29 is 5.11 Å². The Bertz CT molecular complexity index is 990. The molecule has 0 aliphatic heterocycles. The van der Waals surface area contributed by atoms with Crippen molar-refractivity contribution in [2.75, 3.05) is 0 Å². The number of aromatic nitrogens is 3. The molecule has 4 heteroatoms. The number of hydrogen-bond donors (Lipinski definition) is 1. The van der Waals surface area contributed by atoms with E-state index in [4.69, 9.17) is 4.98 Å². The zero-order chi connectivity index (χ0) is 15.8. The second-order valence-electron chi connectivity index (χ2n) is 5.42. The molecule has 0 aliphatic rings. The van der Waals surface area contributed by atoms with Crippen molar-refractivity contribution >= 4 is 11.0 Å². The quantitative estimate of drug-likeness (QED) is 0.606. The molecule has 0 unspecified atom stereocenters. The SMILES string of the molecule is Cc1nn(-c2ccccc2)c2nc(-c3ccccc3O)ccc12. The molecule has 0 spiro atoms. The van der Waals surface area contributed by atoms with Crippen molar-refractivity contribution in [2.24, 2.45) is 0 Å². The van der Waals surface area contributed by atoms with Gasteiger partial charge in [-0.1, -0.05) is 30.3 Å². The van der Waals surface area contributed by atoms with Gasteiger partial charge in [-0.25, -0.2) is 9.67 Å². The van der Waals surface area contributed by atoms with Crippen LogP contribution in [0.2, 0.25) is 0 Å². The molecule has 1 N–H and O–H groups in total. The van der Waals surface area contributed by atoms with Gasteiger partial charge < -0.3 is 5.11 Å². The average Bonchev–Trinajstić information content (AvgIpc) is 2.92. The highest BCUT2D eigenvalue weighted by Crippen LogP contribution is 2.29. The number of phenols is 1. The van der Waals surface area contributed by atoms with E-state index in [2.05, 4.69) is 5.10 Å². The number of aryl methyl sites for hydroxylation is 1. The fourth-order valence-corrected chi connectivity index (χ4v) is 2.73. The monoisotopic (exact) mass is 301 g/mol. The first-order valence-corrected chi connectivity index (χ1v) is 7.44. The molecule has 0 saturated heterocycles. The van der Waals surface area contributed by atoms with E-state index in [1.807, 2.05) is 66.2 Å². The van der Waals surface area contributed by atoms with Gasteiger partial charge in [-0.2, -0.15) is 5.10 Å². The third kappa shape index (κ3) is 2.25. The first-order chi connectivity index (χ1) is 11.2. The number of phenolic OH excluding ortho intramolecular Hbond substituents is 1. The first-order valence-electron chi connectivity index (χ1n) is 7.44. The maximum absolute atomic E-state index is 10.1. The van der Waals surface area contributed by atoms with Gasteiger partial charge in [0.05, 0.1) is 17.1 Å². The lowest BCUT2D eigenvalue weighted by Crippen LogP contribution is -1.98. The third-order valence-electron chi connectivity index (χ3n) is 3.90. The van der Waals surface area contributed by atoms with Crippen LogP contribution in [0.25, 0.3) is 28.0 Å². The Morgan fingerprint density at radius 1 is 0.870 bits per heavy atom. The first kappa shape index (κ1) is 13.5. The van der Waals surface area contributed by atoms with Crippen molar-refractivity contribution in [3.05, 3.63) is 72.4 Å². The lowest BCUT2D eigenvalue weighted by atomic mass is 10.1. The van der Waals surface area contributed by atoms with Gasteiger partial charge in [0.1, 0.15) is 5.75 Å². The number of fused-ring (bicyclic) bond motifs is 1. The van der Waals surface area contributed by atoms with Gasteiger partial charge in [-0.05, 0) is 43.3 Å². The van der Waals surface area contributed by atoms with E-state index >= 15 is 0 Å². The summed E-state index contributed by atoms with van der Waals surface area (Å²) in [5.41, 5.74) is 4.13. The molecular formula is C19H15N3O.